The molecule has 0 radical (unpaired) electrons. The fourth-order valence-corrected chi connectivity index (χ4v) is 5.92. The Labute approximate surface area is 274 Å². The van der Waals surface area contributed by atoms with Gasteiger partial charge in [-0.05, 0) is 41.9 Å². The van der Waals surface area contributed by atoms with Crippen LogP contribution in [0.2, 0.25) is 5.28 Å². The van der Waals surface area contributed by atoms with Gasteiger partial charge in [-0.1, -0.05) is 24.3 Å². The zero-order valence-corrected chi connectivity index (χ0v) is 26.4. The number of carboxylic acids is 1. The van der Waals surface area contributed by atoms with Crippen LogP contribution in [-0.4, -0.2) is 75.3 Å². The second-order valence-electron chi connectivity index (χ2n) is 9.05. The molecule has 2 aromatic carbocycles. The number of anilines is 3. The van der Waals surface area contributed by atoms with E-state index >= 15 is 0 Å². The summed E-state index contributed by atoms with van der Waals surface area (Å²) >= 11 is 5.75. The molecule has 1 aliphatic carbocycles. The Morgan fingerprint density at radius 3 is 2.15 bits per heavy atom. The van der Waals surface area contributed by atoms with Crippen molar-refractivity contribution in [2.75, 3.05) is 11.1 Å². The molecule has 21 nitrogen and oxygen atoms in total. The highest BCUT2D eigenvalue weighted by Gasteiger charge is 2.29. The Balaban J connectivity index is 1.87. The maximum absolute atomic E-state index is 12.1. The Hall–Kier alpha value is -5.24. The third-order valence-corrected chi connectivity index (χ3v) is 8.70. The number of nitrogen functional groups attached to an aromatic ring is 1. The van der Waals surface area contributed by atoms with Crippen LogP contribution in [-0.2, 0) is 30.4 Å². The van der Waals surface area contributed by atoms with E-state index in [-0.39, 0.29) is 34.6 Å². The average molecular weight is 744 g/mol. The second-order valence-corrected chi connectivity index (χ2v) is 13.7. The van der Waals surface area contributed by atoms with Crippen LogP contribution in [0, 0.1) is 0 Å². The van der Waals surface area contributed by atoms with E-state index in [0.29, 0.717) is 6.07 Å². The zero-order chi connectivity index (χ0) is 35.6. The molecule has 3 aromatic rings. The van der Waals surface area contributed by atoms with Gasteiger partial charge in [0.25, 0.3) is 30.4 Å². The normalized spacial score (nSPS) is 16.5. The van der Waals surface area contributed by atoms with Gasteiger partial charge in [-0.15, -0.1) is 20.5 Å². The number of nitrogens with two attached hydrogens (primary N) is 1. The summed E-state index contributed by atoms with van der Waals surface area (Å²) in [4.78, 5) is 20.7. The largest absolute Gasteiger partial charge is 0.504 e. The Kier molecular flexibility index (Phi) is 10.00. The molecule has 25 heteroatoms. The van der Waals surface area contributed by atoms with Crippen LogP contribution in [0.1, 0.15) is 10.4 Å². The van der Waals surface area contributed by atoms with Crippen LogP contribution in [0.5, 0.6) is 5.75 Å². The second kappa shape index (κ2) is 13.5. The van der Waals surface area contributed by atoms with Crippen LogP contribution >= 0.6 is 11.6 Å². The number of rotatable bonds is 10. The molecule has 1 unspecified atom stereocenters. The zero-order valence-electron chi connectivity index (χ0n) is 23.2. The van der Waals surface area contributed by atoms with E-state index in [0.717, 1.165) is 24.3 Å². The summed E-state index contributed by atoms with van der Waals surface area (Å²) in [5, 5.41) is 35.4. The first-order chi connectivity index (χ1) is 22.2. The number of halogens is 1. The first-order valence-electron chi connectivity index (χ1n) is 12.3. The van der Waals surface area contributed by atoms with Crippen molar-refractivity contribution >= 4 is 76.9 Å². The Morgan fingerprint density at radius 1 is 0.896 bits per heavy atom. The Morgan fingerprint density at radius 2 is 1.56 bits per heavy atom. The van der Waals surface area contributed by atoms with Gasteiger partial charge in [0.1, 0.15) is 21.5 Å². The van der Waals surface area contributed by atoms with E-state index in [2.05, 4.69) is 40.7 Å². The molecular formula is C23H18ClN9O12S3. The molecule has 48 heavy (non-hydrogen) atoms. The van der Waals surface area contributed by atoms with E-state index in [1.54, 1.807) is 0 Å². The van der Waals surface area contributed by atoms with E-state index in [1.807, 2.05) is 0 Å². The first kappa shape index (κ1) is 35.6. The molecule has 0 saturated heterocycles. The number of azo groups is 2. The van der Waals surface area contributed by atoms with Crippen molar-refractivity contribution in [3.8, 4) is 5.75 Å². The standard InChI is InChI=1S/C23H18ClN9O12S3/c24-21-27-22(25)29-23(28-21)26-10-5-6-14(13(7-10)20(35)36)30-32-19(12-3-1-2-4-16(12)47(40,41)42)33-31-15-8-11(46(37,38)39)9-17(18(15)34)48(43,44)45/h1-9,16,34H,(H,35,36)(H,37,38,39)(H,40,41,42)(H,43,44,45)(H3,25,26,27,28,29)/b19-12-,32-30?,33-31?. The molecule has 0 fully saturated rings. The fourth-order valence-electron chi connectivity index (χ4n) is 3.74. The quantitative estimate of drug-likeness (QED) is 0.116. The van der Waals surface area contributed by atoms with Crippen molar-refractivity contribution < 1.29 is 53.9 Å². The van der Waals surface area contributed by atoms with E-state index in [4.69, 9.17) is 17.3 Å². The number of aromatic carboxylic acids is 1. The van der Waals surface area contributed by atoms with Gasteiger partial charge in [-0.2, -0.15) is 40.2 Å². The van der Waals surface area contributed by atoms with Crippen LogP contribution < -0.4 is 11.1 Å². The minimum atomic E-state index is -5.31. The molecule has 1 aliphatic rings. The monoisotopic (exact) mass is 743 g/mol. The number of allylic oxidation sites excluding steroid dienone is 3. The van der Waals surface area contributed by atoms with Crippen molar-refractivity contribution in [2.45, 2.75) is 15.0 Å². The molecule has 1 aromatic heterocycles. The lowest BCUT2D eigenvalue weighted by molar-refractivity contribution is 0.0697. The summed E-state index contributed by atoms with van der Waals surface area (Å²) in [6, 6.07) is 4.16. The summed E-state index contributed by atoms with van der Waals surface area (Å²) in [6.45, 7) is 0. The van der Waals surface area contributed by atoms with Crippen LogP contribution in [0.4, 0.5) is 29.0 Å². The molecular weight excluding hydrogens is 726 g/mol. The van der Waals surface area contributed by atoms with E-state index in [1.165, 1.54) is 18.2 Å². The van der Waals surface area contributed by atoms with Gasteiger partial charge < -0.3 is 21.3 Å². The van der Waals surface area contributed by atoms with Crippen LogP contribution in [0.3, 0.4) is 0 Å². The smallest absolute Gasteiger partial charge is 0.338 e. The molecule has 0 saturated carbocycles. The van der Waals surface area contributed by atoms with E-state index < -0.39 is 79.8 Å². The number of phenols is 1. The molecule has 4 rings (SSSR count). The molecule has 0 amide bonds. The number of nitrogens with zero attached hydrogens (tertiary/aromatic N) is 7. The number of carboxylic acid groups (broad SMARTS) is 1. The lowest BCUT2D eigenvalue weighted by Gasteiger charge is -2.14. The van der Waals surface area contributed by atoms with Crippen molar-refractivity contribution in [1.29, 1.82) is 0 Å². The summed E-state index contributed by atoms with van der Waals surface area (Å²) in [7, 11) is -15.4. The van der Waals surface area contributed by atoms with Crippen LogP contribution in [0.15, 0.2) is 96.3 Å². The highest BCUT2D eigenvalue weighted by molar-refractivity contribution is 7.87. The van der Waals surface area contributed by atoms with Gasteiger partial charge >= 0.3 is 5.97 Å². The first-order valence-corrected chi connectivity index (χ1v) is 17.0. The fraction of sp³-hybridized carbons (Fsp3) is 0.0435. The number of nitrogens with one attached hydrogen (secondary N) is 1. The van der Waals surface area contributed by atoms with Crippen molar-refractivity contribution in [3.63, 3.8) is 0 Å². The molecule has 0 bridgehead atoms. The van der Waals surface area contributed by atoms with Gasteiger partial charge in [0, 0.05) is 11.3 Å². The van der Waals surface area contributed by atoms with E-state index in [9.17, 15) is 53.9 Å². The number of aromatic hydroxyl groups is 1. The molecule has 0 spiro atoms. The summed E-state index contributed by atoms with van der Waals surface area (Å²) in [5.74, 6) is -4.05. The van der Waals surface area contributed by atoms with Crippen LogP contribution in [0.25, 0.3) is 0 Å². The lowest BCUT2D eigenvalue weighted by Crippen LogP contribution is -2.21. The maximum Gasteiger partial charge on any atom is 0.338 e. The molecule has 252 valence electrons. The minimum Gasteiger partial charge on any atom is -0.504 e. The number of benzene rings is 2. The molecule has 8 N–H and O–H groups in total. The number of aromatic nitrogens is 3. The predicted octanol–water partition coefficient (Wildman–Crippen LogP) is 3.21. The molecule has 0 aliphatic heterocycles. The third kappa shape index (κ3) is 8.56. The average Bonchev–Trinajstić information content (AvgIpc) is 2.96. The maximum atomic E-state index is 12.1. The Bertz CT molecular complexity index is 2310. The number of hydrogen-bond donors (Lipinski definition) is 7. The van der Waals surface area contributed by atoms with Gasteiger partial charge in [0.05, 0.1) is 10.5 Å². The summed E-state index contributed by atoms with van der Waals surface area (Å²) in [5.41, 5.74) is 3.33. The third-order valence-electron chi connectivity index (χ3n) is 5.78. The minimum absolute atomic E-state index is 0.0990. The number of hydrogen-bond acceptors (Lipinski definition) is 17. The number of phenolic OH excluding ortho intramolecular Hbond substituents is 1. The SMILES string of the molecule is Nc1nc(Cl)nc(Nc2ccc(N=N/C(N=Nc3cc(S(=O)(=O)O)cc(S(=O)(=O)O)c3O)=C3\C=CC=CC3S(=O)(=O)O)c(C(=O)O)c2)n1. The van der Waals surface area contributed by atoms with Gasteiger partial charge in [-0.3, -0.25) is 13.7 Å². The van der Waals surface area contributed by atoms with Gasteiger partial charge in [0.15, 0.2) is 5.75 Å². The van der Waals surface area contributed by atoms with Gasteiger partial charge in [0.2, 0.25) is 23.0 Å². The highest BCUT2D eigenvalue weighted by Crippen LogP contribution is 2.37. The summed E-state index contributed by atoms with van der Waals surface area (Å²) in [6.07, 6.45) is 4.58. The summed E-state index contributed by atoms with van der Waals surface area (Å²) < 4.78 is 99.8. The van der Waals surface area contributed by atoms with Crippen molar-refractivity contribution in [2.24, 2.45) is 20.5 Å². The predicted molar refractivity (Wildman–Crippen MR) is 163 cm³/mol. The molecule has 1 heterocycles. The van der Waals surface area contributed by atoms with Gasteiger partial charge in [-0.25, -0.2) is 4.79 Å². The molecule has 1 atom stereocenters. The van der Waals surface area contributed by atoms with Crippen molar-refractivity contribution in [1.82, 2.24) is 15.0 Å². The highest BCUT2D eigenvalue weighted by atomic mass is 35.5. The van der Waals surface area contributed by atoms with Crippen molar-refractivity contribution in [3.05, 3.63) is 76.9 Å². The topological polar surface area (TPSA) is 347 Å². The number of carbonyl (C=O) groups is 1. The lowest BCUT2D eigenvalue weighted by atomic mass is 10.1.